The van der Waals surface area contributed by atoms with Gasteiger partial charge >= 0.3 is 5.97 Å². The van der Waals surface area contributed by atoms with Crippen molar-refractivity contribution in [2.45, 2.75) is 19.9 Å². The Balaban J connectivity index is 2.03. The molecule has 1 amide bonds. The Labute approximate surface area is 174 Å². The van der Waals surface area contributed by atoms with Gasteiger partial charge in [-0.1, -0.05) is 55.8 Å². The molecule has 0 aliphatic heterocycles. The number of esters is 1. The van der Waals surface area contributed by atoms with Crippen molar-refractivity contribution >= 4 is 23.5 Å². The average Bonchev–Trinajstić information content (AvgIpc) is 3.18. The standard InChI is InChI=1S/C22H22ClN3O3/c1-14(2)19(22(28)29-3)24-21(27)18-13-26(17-7-5-4-6-8-17)25-20(18)15-9-11-16(23)12-10-15/h4-14,19H,1-3H3,(H,24,27). The summed E-state index contributed by atoms with van der Waals surface area (Å²) >= 11 is 6.00. The molecule has 0 radical (unpaired) electrons. The summed E-state index contributed by atoms with van der Waals surface area (Å²) in [5.41, 5.74) is 2.41. The molecule has 1 N–H and O–H groups in total. The molecule has 2 aromatic carbocycles. The molecule has 3 aromatic rings. The van der Waals surface area contributed by atoms with Crippen LogP contribution in [-0.4, -0.2) is 34.8 Å². The second-order valence-corrected chi connectivity index (χ2v) is 7.33. The van der Waals surface area contributed by atoms with E-state index in [2.05, 4.69) is 10.4 Å². The maximum atomic E-state index is 13.1. The molecule has 0 aliphatic rings. The molecule has 0 spiro atoms. The summed E-state index contributed by atoms with van der Waals surface area (Å²) in [7, 11) is 1.30. The average molecular weight is 412 g/mol. The third kappa shape index (κ3) is 4.66. The van der Waals surface area contributed by atoms with E-state index in [1.54, 1.807) is 35.1 Å². The van der Waals surface area contributed by atoms with Crippen molar-refractivity contribution in [3.8, 4) is 16.9 Å². The van der Waals surface area contributed by atoms with Crippen molar-refractivity contribution in [3.05, 3.63) is 71.4 Å². The van der Waals surface area contributed by atoms with Crippen LogP contribution in [0.25, 0.3) is 16.9 Å². The van der Waals surface area contributed by atoms with Gasteiger partial charge in [0.15, 0.2) is 0 Å². The summed E-state index contributed by atoms with van der Waals surface area (Å²) in [6.45, 7) is 3.69. The van der Waals surface area contributed by atoms with Gasteiger partial charge in [-0.05, 0) is 30.2 Å². The number of halogens is 1. The van der Waals surface area contributed by atoms with Gasteiger partial charge in [-0.2, -0.15) is 5.10 Å². The van der Waals surface area contributed by atoms with Gasteiger partial charge in [0.2, 0.25) is 0 Å². The maximum Gasteiger partial charge on any atom is 0.328 e. The topological polar surface area (TPSA) is 73.2 Å². The molecule has 0 saturated heterocycles. The lowest BCUT2D eigenvalue weighted by Crippen LogP contribution is -2.45. The van der Waals surface area contributed by atoms with E-state index in [4.69, 9.17) is 16.3 Å². The fourth-order valence-electron chi connectivity index (χ4n) is 2.92. The fraction of sp³-hybridized carbons (Fsp3) is 0.227. The molecule has 1 aromatic heterocycles. The van der Waals surface area contributed by atoms with Crippen LogP contribution in [0.2, 0.25) is 5.02 Å². The molecule has 0 fully saturated rings. The number of aromatic nitrogens is 2. The van der Waals surface area contributed by atoms with Gasteiger partial charge in [0.1, 0.15) is 11.7 Å². The van der Waals surface area contributed by atoms with Crippen LogP contribution < -0.4 is 5.32 Å². The number of hydrogen-bond donors (Lipinski definition) is 1. The number of nitrogens with zero attached hydrogens (tertiary/aromatic N) is 2. The molecule has 150 valence electrons. The summed E-state index contributed by atoms with van der Waals surface area (Å²) in [6, 6.07) is 15.8. The van der Waals surface area contributed by atoms with Crippen LogP contribution in [0.1, 0.15) is 24.2 Å². The number of methoxy groups -OCH3 is 1. The van der Waals surface area contributed by atoms with E-state index in [0.717, 1.165) is 11.3 Å². The second kappa shape index (κ2) is 8.92. The van der Waals surface area contributed by atoms with Crippen LogP contribution in [0, 0.1) is 5.92 Å². The smallest absolute Gasteiger partial charge is 0.328 e. The highest BCUT2D eigenvalue weighted by Gasteiger charge is 2.27. The van der Waals surface area contributed by atoms with Crippen molar-refractivity contribution in [1.29, 1.82) is 0 Å². The normalized spacial score (nSPS) is 11.9. The Kier molecular flexibility index (Phi) is 6.34. The number of rotatable bonds is 6. The van der Waals surface area contributed by atoms with E-state index >= 15 is 0 Å². The molecule has 0 saturated carbocycles. The van der Waals surface area contributed by atoms with Crippen LogP contribution in [0.15, 0.2) is 60.8 Å². The monoisotopic (exact) mass is 411 g/mol. The minimum Gasteiger partial charge on any atom is -0.467 e. The fourth-order valence-corrected chi connectivity index (χ4v) is 3.04. The summed E-state index contributed by atoms with van der Waals surface area (Å²) < 4.78 is 6.46. The predicted molar refractivity (Wildman–Crippen MR) is 112 cm³/mol. The third-order valence-corrected chi connectivity index (χ3v) is 4.76. The molecule has 6 nitrogen and oxygen atoms in total. The molecule has 1 unspecified atom stereocenters. The zero-order valence-corrected chi connectivity index (χ0v) is 17.2. The van der Waals surface area contributed by atoms with Crippen LogP contribution >= 0.6 is 11.6 Å². The van der Waals surface area contributed by atoms with Crippen LogP contribution in [0.4, 0.5) is 0 Å². The zero-order chi connectivity index (χ0) is 21.0. The lowest BCUT2D eigenvalue weighted by molar-refractivity contribution is -0.144. The van der Waals surface area contributed by atoms with Gasteiger partial charge in [-0.15, -0.1) is 0 Å². The summed E-state index contributed by atoms with van der Waals surface area (Å²) in [5.74, 6) is -1.02. The van der Waals surface area contributed by atoms with Crippen LogP contribution in [0.5, 0.6) is 0 Å². The Morgan fingerprint density at radius 1 is 1.07 bits per heavy atom. The lowest BCUT2D eigenvalue weighted by Gasteiger charge is -2.19. The zero-order valence-electron chi connectivity index (χ0n) is 16.4. The van der Waals surface area contributed by atoms with Crippen molar-refractivity contribution < 1.29 is 14.3 Å². The van der Waals surface area contributed by atoms with Crippen molar-refractivity contribution in [1.82, 2.24) is 15.1 Å². The molecule has 1 atom stereocenters. The Bertz CT molecular complexity index is 998. The highest BCUT2D eigenvalue weighted by molar-refractivity contribution is 6.30. The number of benzene rings is 2. The van der Waals surface area contributed by atoms with E-state index in [9.17, 15) is 9.59 Å². The first-order valence-corrected chi connectivity index (χ1v) is 9.58. The van der Waals surface area contributed by atoms with Gasteiger partial charge in [0.05, 0.1) is 18.4 Å². The number of para-hydroxylation sites is 1. The molecular weight excluding hydrogens is 390 g/mol. The summed E-state index contributed by atoms with van der Waals surface area (Å²) in [6.07, 6.45) is 1.66. The summed E-state index contributed by atoms with van der Waals surface area (Å²) in [5, 5.41) is 7.98. The SMILES string of the molecule is COC(=O)C(NC(=O)c1cn(-c2ccccc2)nc1-c1ccc(Cl)cc1)C(C)C. The van der Waals surface area contributed by atoms with E-state index in [0.29, 0.717) is 16.3 Å². The number of carbonyl (C=O) groups is 2. The first kappa shape index (κ1) is 20.6. The first-order chi connectivity index (χ1) is 13.9. The highest BCUT2D eigenvalue weighted by Crippen LogP contribution is 2.25. The number of amides is 1. The van der Waals surface area contributed by atoms with Gasteiger partial charge in [0, 0.05) is 16.8 Å². The minimum absolute atomic E-state index is 0.130. The van der Waals surface area contributed by atoms with Crippen molar-refractivity contribution in [2.24, 2.45) is 5.92 Å². The van der Waals surface area contributed by atoms with Crippen LogP contribution in [0.3, 0.4) is 0 Å². The predicted octanol–water partition coefficient (Wildman–Crippen LogP) is 4.12. The molecule has 29 heavy (non-hydrogen) atoms. The van der Waals surface area contributed by atoms with E-state index in [1.807, 2.05) is 44.2 Å². The van der Waals surface area contributed by atoms with E-state index in [1.165, 1.54) is 7.11 Å². The number of nitrogens with one attached hydrogen (secondary N) is 1. The van der Waals surface area contributed by atoms with E-state index in [-0.39, 0.29) is 5.92 Å². The van der Waals surface area contributed by atoms with Crippen molar-refractivity contribution in [3.63, 3.8) is 0 Å². The van der Waals surface area contributed by atoms with Crippen LogP contribution in [-0.2, 0) is 9.53 Å². The second-order valence-electron chi connectivity index (χ2n) is 6.90. The number of ether oxygens (including phenoxy) is 1. The minimum atomic E-state index is -0.759. The van der Waals surface area contributed by atoms with Gasteiger partial charge in [-0.25, -0.2) is 9.48 Å². The van der Waals surface area contributed by atoms with Crippen molar-refractivity contribution in [2.75, 3.05) is 7.11 Å². The highest BCUT2D eigenvalue weighted by atomic mass is 35.5. The maximum absolute atomic E-state index is 13.1. The number of hydrogen-bond acceptors (Lipinski definition) is 4. The molecule has 0 bridgehead atoms. The quantitative estimate of drug-likeness (QED) is 0.619. The Morgan fingerprint density at radius 2 is 1.72 bits per heavy atom. The molecular formula is C22H22ClN3O3. The third-order valence-electron chi connectivity index (χ3n) is 4.51. The molecule has 7 heteroatoms. The van der Waals surface area contributed by atoms with Gasteiger partial charge in [-0.3, -0.25) is 4.79 Å². The molecule has 0 aliphatic carbocycles. The Hall–Kier alpha value is -3.12. The number of carbonyl (C=O) groups excluding carboxylic acids is 2. The summed E-state index contributed by atoms with van der Waals surface area (Å²) in [4.78, 5) is 25.2. The molecule has 1 heterocycles. The molecule has 3 rings (SSSR count). The first-order valence-electron chi connectivity index (χ1n) is 9.20. The van der Waals surface area contributed by atoms with Gasteiger partial charge < -0.3 is 10.1 Å². The van der Waals surface area contributed by atoms with E-state index < -0.39 is 17.9 Å². The van der Waals surface area contributed by atoms with Gasteiger partial charge in [0.25, 0.3) is 5.91 Å². The lowest BCUT2D eigenvalue weighted by atomic mass is 10.0. The largest absolute Gasteiger partial charge is 0.467 e. The Morgan fingerprint density at radius 3 is 2.31 bits per heavy atom.